The lowest BCUT2D eigenvalue weighted by Gasteiger charge is -2.35. The van der Waals surface area contributed by atoms with Crippen LogP contribution in [0.5, 0.6) is 0 Å². The van der Waals surface area contributed by atoms with Crippen LogP contribution in [0.3, 0.4) is 0 Å². The van der Waals surface area contributed by atoms with Gasteiger partial charge in [0.15, 0.2) is 0 Å². The number of hydrogen-bond acceptors (Lipinski definition) is 4. The lowest BCUT2D eigenvalue weighted by Crippen LogP contribution is -2.46. The fourth-order valence-electron chi connectivity index (χ4n) is 4.05. The SMILES string of the molecule is CC[C@@]1(c2ccccc2)NC(=O)N(CN2CCc3sccc3[C@@H]2C)C1=O. The Bertz CT molecular complexity index is 835. The molecule has 3 heterocycles. The summed E-state index contributed by atoms with van der Waals surface area (Å²) in [6, 6.07) is 11.6. The molecule has 1 aromatic carbocycles. The number of amides is 3. The molecule has 5 nitrogen and oxygen atoms in total. The Balaban J connectivity index is 1.59. The molecule has 1 N–H and O–H groups in total. The number of carbonyl (C=O) groups is 2. The number of urea groups is 1. The highest BCUT2D eigenvalue weighted by molar-refractivity contribution is 7.10. The van der Waals surface area contributed by atoms with Gasteiger partial charge in [0.05, 0.1) is 6.67 Å². The monoisotopic (exact) mass is 369 g/mol. The van der Waals surface area contributed by atoms with Gasteiger partial charge in [-0.25, -0.2) is 9.69 Å². The molecular formula is C20H23N3O2S. The molecule has 6 heteroatoms. The number of thiophene rings is 1. The van der Waals surface area contributed by atoms with Gasteiger partial charge >= 0.3 is 6.03 Å². The van der Waals surface area contributed by atoms with Crippen molar-refractivity contribution in [2.24, 2.45) is 0 Å². The van der Waals surface area contributed by atoms with E-state index in [4.69, 9.17) is 0 Å². The van der Waals surface area contributed by atoms with Gasteiger partial charge in [-0.05, 0) is 42.3 Å². The summed E-state index contributed by atoms with van der Waals surface area (Å²) in [4.78, 5) is 30.9. The van der Waals surface area contributed by atoms with Crippen LogP contribution in [0.1, 0.15) is 42.3 Å². The van der Waals surface area contributed by atoms with Crippen LogP contribution in [0.4, 0.5) is 4.79 Å². The number of nitrogens with zero attached hydrogens (tertiary/aromatic N) is 2. The van der Waals surface area contributed by atoms with E-state index in [1.54, 1.807) is 11.3 Å². The van der Waals surface area contributed by atoms with Crippen molar-refractivity contribution in [3.8, 4) is 0 Å². The number of rotatable bonds is 4. The first kappa shape index (κ1) is 17.2. The summed E-state index contributed by atoms with van der Waals surface area (Å²) in [5.74, 6) is -0.153. The molecule has 136 valence electrons. The van der Waals surface area contributed by atoms with Gasteiger partial charge in [0, 0.05) is 17.5 Å². The number of fused-ring (bicyclic) bond motifs is 1. The minimum Gasteiger partial charge on any atom is -0.319 e. The maximum Gasteiger partial charge on any atom is 0.326 e. The van der Waals surface area contributed by atoms with E-state index in [0.717, 1.165) is 18.5 Å². The topological polar surface area (TPSA) is 52.7 Å². The lowest BCUT2D eigenvalue weighted by molar-refractivity contribution is -0.133. The van der Waals surface area contributed by atoms with E-state index in [1.807, 2.05) is 37.3 Å². The number of carbonyl (C=O) groups excluding carboxylic acids is 2. The summed E-state index contributed by atoms with van der Waals surface area (Å²) >= 11 is 1.79. The van der Waals surface area contributed by atoms with Gasteiger partial charge in [0.2, 0.25) is 0 Å². The van der Waals surface area contributed by atoms with E-state index in [-0.39, 0.29) is 18.0 Å². The van der Waals surface area contributed by atoms with E-state index in [2.05, 4.69) is 28.6 Å². The fourth-order valence-corrected chi connectivity index (χ4v) is 5.02. The second-order valence-corrected chi connectivity index (χ2v) is 7.97. The lowest BCUT2D eigenvalue weighted by atomic mass is 9.87. The summed E-state index contributed by atoms with van der Waals surface area (Å²) in [5, 5.41) is 5.09. The van der Waals surface area contributed by atoms with Gasteiger partial charge in [-0.3, -0.25) is 9.69 Å². The van der Waals surface area contributed by atoms with E-state index in [0.29, 0.717) is 13.1 Å². The second kappa shape index (κ2) is 6.52. The zero-order chi connectivity index (χ0) is 18.3. The molecule has 2 aromatic rings. The quantitative estimate of drug-likeness (QED) is 0.840. The molecule has 0 bridgehead atoms. The van der Waals surface area contributed by atoms with Crippen LogP contribution in [0.15, 0.2) is 41.8 Å². The Morgan fingerprint density at radius 2 is 2.00 bits per heavy atom. The third-order valence-electron chi connectivity index (χ3n) is 5.70. The standard InChI is InChI=1S/C20H23N3O2S/c1-3-20(15-7-5-4-6-8-15)18(24)23(19(25)21-20)13-22-11-9-17-16(14(22)2)10-12-26-17/h4-8,10,12,14H,3,9,11,13H2,1-2H3,(H,21,25)/t14-,20-/m0/s1. The van der Waals surface area contributed by atoms with Crippen LogP contribution in [-0.4, -0.2) is 35.0 Å². The number of hydrogen-bond donors (Lipinski definition) is 1. The van der Waals surface area contributed by atoms with Crippen molar-refractivity contribution in [2.75, 3.05) is 13.2 Å². The molecule has 0 radical (unpaired) electrons. The molecule has 2 aliphatic rings. The van der Waals surface area contributed by atoms with Crippen molar-refractivity contribution in [3.05, 3.63) is 57.8 Å². The van der Waals surface area contributed by atoms with E-state index >= 15 is 0 Å². The molecule has 0 aliphatic carbocycles. The summed E-state index contributed by atoms with van der Waals surface area (Å²) < 4.78 is 0. The first-order valence-corrected chi connectivity index (χ1v) is 9.94. The predicted molar refractivity (Wildman–Crippen MR) is 102 cm³/mol. The third kappa shape index (κ3) is 2.56. The Morgan fingerprint density at radius 3 is 2.73 bits per heavy atom. The van der Waals surface area contributed by atoms with Crippen LogP contribution in [0.25, 0.3) is 0 Å². The molecule has 2 atom stereocenters. The first-order chi connectivity index (χ1) is 12.6. The molecule has 0 saturated carbocycles. The van der Waals surface area contributed by atoms with Gasteiger partial charge in [-0.1, -0.05) is 37.3 Å². The highest BCUT2D eigenvalue weighted by Crippen LogP contribution is 2.36. The Hall–Kier alpha value is -2.18. The van der Waals surface area contributed by atoms with Crippen molar-refractivity contribution in [2.45, 2.75) is 38.3 Å². The van der Waals surface area contributed by atoms with Crippen LogP contribution >= 0.6 is 11.3 Å². The highest BCUT2D eigenvalue weighted by Gasteiger charge is 2.51. The normalized spacial score (nSPS) is 26.1. The third-order valence-corrected chi connectivity index (χ3v) is 6.70. The molecule has 26 heavy (non-hydrogen) atoms. The van der Waals surface area contributed by atoms with Gasteiger partial charge in [-0.15, -0.1) is 11.3 Å². The largest absolute Gasteiger partial charge is 0.326 e. The summed E-state index contributed by atoms with van der Waals surface area (Å²) in [6.45, 7) is 5.27. The van der Waals surface area contributed by atoms with Gasteiger partial charge < -0.3 is 5.32 Å². The summed E-state index contributed by atoms with van der Waals surface area (Å²) in [6.07, 6.45) is 1.50. The molecule has 3 amide bonds. The van der Waals surface area contributed by atoms with E-state index < -0.39 is 5.54 Å². The Morgan fingerprint density at radius 1 is 1.23 bits per heavy atom. The van der Waals surface area contributed by atoms with Gasteiger partial charge in [-0.2, -0.15) is 0 Å². The zero-order valence-electron chi connectivity index (χ0n) is 15.1. The maximum absolute atomic E-state index is 13.3. The molecule has 4 rings (SSSR count). The van der Waals surface area contributed by atoms with Gasteiger partial charge in [0.1, 0.15) is 5.54 Å². The molecule has 1 saturated heterocycles. The average Bonchev–Trinajstić information content (AvgIpc) is 3.23. The van der Waals surface area contributed by atoms with Crippen molar-refractivity contribution in [3.63, 3.8) is 0 Å². The van der Waals surface area contributed by atoms with Crippen molar-refractivity contribution in [1.82, 2.24) is 15.1 Å². The summed E-state index contributed by atoms with van der Waals surface area (Å²) in [7, 11) is 0. The zero-order valence-corrected chi connectivity index (χ0v) is 15.9. The molecular weight excluding hydrogens is 346 g/mol. The Kier molecular flexibility index (Phi) is 4.32. The van der Waals surface area contributed by atoms with Crippen LogP contribution in [-0.2, 0) is 16.8 Å². The average molecular weight is 369 g/mol. The number of imide groups is 1. The maximum atomic E-state index is 13.3. The predicted octanol–water partition coefficient (Wildman–Crippen LogP) is 3.48. The van der Waals surface area contributed by atoms with Crippen LogP contribution < -0.4 is 5.32 Å². The number of nitrogens with one attached hydrogen (secondary N) is 1. The van der Waals surface area contributed by atoms with Crippen molar-refractivity contribution in [1.29, 1.82) is 0 Å². The summed E-state index contributed by atoms with van der Waals surface area (Å²) in [5.41, 5.74) is 1.21. The van der Waals surface area contributed by atoms with Crippen LogP contribution in [0.2, 0.25) is 0 Å². The molecule has 2 aliphatic heterocycles. The molecule has 1 aromatic heterocycles. The first-order valence-electron chi connectivity index (χ1n) is 9.07. The van der Waals surface area contributed by atoms with Gasteiger partial charge in [0.25, 0.3) is 5.91 Å². The van der Waals surface area contributed by atoms with E-state index in [9.17, 15) is 9.59 Å². The molecule has 1 fully saturated rings. The Labute approximate surface area is 157 Å². The number of benzene rings is 1. The second-order valence-electron chi connectivity index (χ2n) is 6.97. The van der Waals surface area contributed by atoms with Crippen LogP contribution in [0, 0.1) is 0 Å². The van der Waals surface area contributed by atoms with Crippen molar-refractivity contribution >= 4 is 23.3 Å². The molecule has 0 spiro atoms. The fraction of sp³-hybridized carbons (Fsp3) is 0.400. The molecule has 0 unspecified atom stereocenters. The minimum absolute atomic E-state index is 0.153. The highest BCUT2D eigenvalue weighted by atomic mass is 32.1. The smallest absolute Gasteiger partial charge is 0.319 e. The minimum atomic E-state index is -0.953. The van der Waals surface area contributed by atoms with E-state index in [1.165, 1.54) is 15.3 Å². The van der Waals surface area contributed by atoms with Crippen molar-refractivity contribution < 1.29 is 9.59 Å².